The van der Waals surface area contributed by atoms with Gasteiger partial charge < -0.3 is 14.9 Å². The van der Waals surface area contributed by atoms with Crippen LogP contribution < -0.4 is 0 Å². The maximum absolute atomic E-state index is 13.0. The van der Waals surface area contributed by atoms with Crippen LogP contribution in [0.3, 0.4) is 0 Å². The summed E-state index contributed by atoms with van der Waals surface area (Å²) in [7, 11) is 2.17. The summed E-state index contributed by atoms with van der Waals surface area (Å²) in [6.45, 7) is 1.14. The van der Waals surface area contributed by atoms with Crippen molar-refractivity contribution >= 4 is 21.9 Å². The first kappa shape index (κ1) is 18.2. The van der Waals surface area contributed by atoms with Gasteiger partial charge in [0.15, 0.2) is 0 Å². The highest BCUT2D eigenvalue weighted by Gasteiger charge is 2.30. The number of nitrogens with one attached hydrogen (secondary N) is 2. The van der Waals surface area contributed by atoms with Gasteiger partial charge in [0.1, 0.15) is 5.82 Å². The van der Waals surface area contributed by atoms with Crippen LogP contribution in [0.1, 0.15) is 24.0 Å². The normalized spacial score (nSPS) is 18.3. The molecular weight excluding hydrogens is 377 g/mol. The molecule has 1 fully saturated rings. The third-order valence-corrected chi connectivity index (χ3v) is 5.98. The van der Waals surface area contributed by atoms with Crippen LogP contribution in [0.4, 0.5) is 13.2 Å². The number of likely N-dealkylation sites (N-methyl/N-ethyl adjacent to an activating group) is 1. The number of aromatic amines is 2. The third-order valence-electron chi connectivity index (χ3n) is 5.98. The SMILES string of the molecule is CN1CCC[C@@H]1Cc1c[nH]c2ccc(-c3nc4ccc(C(F)(F)F)cc4[nH]3)cc12. The van der Waals surface area contributed by atoms with Crippen molar-refractivity contribution in [3.8, 4) is 11.4 Å². The smallest absolute Gasteiger partial charge is 0.361 e. The number of aromatic nitrogens is 3. The van der Waals surface area contributed by atoms with Crippen LogP contribution in [0.25, 0.3) is 33.3 Å². The van der Waals surface area contributed by atoms with E-state index in [1.165, 1.54) is 24.5 Å². The van der Waals surface area contributed by atoms with Crippen LogP contribution >= 0.6 is 0 Å². The Balaban J connectivity index is 1.52. The van der Waals surface area contributed by atoms with Crippen LogP contribution in [-0.2, 0) is 12.6 Å². The van der Waals surface area contributed by atoms with E-state index >= 15 is 0 Å². The van der Waals surface area contributed by atoms with Gasteiger partial charge in [-0.1, -0.05) is 0 Å². The fourth-order valence-electron chi connectivity index (χ4n) is 4.31. The number of rotatable bonds is 3. The van der Waals surface area contributed by atoms with E-state index in [-0.39, 0.29) is 0 Å². The molecule has 0 spiro atoms. The fourth-order valence-corrected chi connectivity index (χ4v) is 4.31. The highest BCUT2D eigenvalue weighted by atomic mass is 19.4. The number of alkyl halides is 3. The van der Waals surface area contributed by atoms with Crippen LogP contribution in [0.2, 0.25) is 0 Å². The van der Waals surface area contributed by atoms with Gasteiger partial charge in [-0.25, -0.2) is 4.98 Å². The number of benzene rings is 2. The highest BCUT2D eigenvalue weighted by Crippen LogP contribution is 2.33. The molecule has 2 aromatic carbocycles. The number of imidazole rings is 1. The molecule has 4 aromatic rings. The van der Waals surface area contributed by atoms with E-state index in [2.05, 4.69) is 39.2 Å². The summed E-state index contributed by atoms with van der Waals surface area (Å²) in [6.07, 6.45) is 1.11. The summed E-state index contributed by atoms with van der Waals surface area (Å²) < 4.78 is 38.9. The molecule has 150 valence electrons. The van der Waals surface area contributed by atoms with Gasteiger partial charge in [-0.2, -0.15) is 13.2 Å². The molecule has 1 saturated heterocycles. The second kappa shape index (κ2) is 6.62. The van der Waals surface area contributed by atoms with Gasteiger partial charge in [0, 0.05) is 28.7 Å². The lowest BCUT2D eigenvalue weighted by atomic mass is 10.0. The first-order valence-corrected chi connectivity index (χ1v) is 9.76. The molecule has 0 radical (unpaired) electrons. The fraction of sp³-hybridized carbons (Fsp3) is 0.318. The number of nitrogens with zero attached hydrogens (tertiary/aromatic N) is 2. The lowest BCUT2D eigenvalue weighted by molar-refractivity contribution is -0.137. The number of hydrogen-bond donors (Lipinski definition) is 2. The van der Waals surface area contributed by atoms with E-state index in [1.807, 2.05) is 12.1 Å². The minimum absolute atomic E-state index is 0.386. The molecule has 0 amide bonds. The van der Waals surface area contributed by atoms with Crippen molar-refractivity contribution in [2.45, 2.75) is 31.5 Å². The minimum Gasteiger partial charge on any atom is -0.361 e. The Labute approximate surface area is 165 Å². The number of hydrogen-bond acceptors (Lipinski definition) is 2. The Morgan fingerprint density at radius 1 is 1.14 bits per heavy atom. The Morgan fingerprint density at radius 3 is 2.76 bits per heavy atom. The molecule has 2 aromatic heterocycles. The van der Waals surface area contributed by atoms with Crippen molar-refractivity contribution in [3.63, 3.8) is 0 Å². The van der Waals surface area contributed by atoms with E-state index in [0.29, 0.717) is 22.9 Å². The van der Waals surface area contributed by atoms with Crippen molar-refractivity contribution in [1.29, 1.82) is 0 Å². The minimum atomic E-state index is -4.37. The molecule has 0 saturated carbocycles. The van der Waals surface area contributed by atoms with E-state index in [4.69, 9.17) is 0 Å². The Bertz CT molecular complexity index is 1190. The molecule has 1 atom stereocenters. The van der Waals surface area contributed by atoms with Crippen molar-refractivity contribution < 1.29 is 13.2 Å². The molecule has 5 rings (SSSR count). The zero-order valence-electron chi connectivity index (χ0n) is 16.0. The molecule has 2 N–H and O–H groups in total. The van der Waals surface area contributed by atoms with Gasteiger partial charge in [-0.05, 0) is 74.8 Å². The van der Waals surface area contributed by atoms with Gasteiger partial charge in [0.25, 0.3) is 0 Å². The standard InChI is InChI=1S/C22H21F3N4/c1-29-8-2-3-16(29)9-14-12-26-18-6-4-13(10-17(14)18)21-27-19-7-5-15(22(23,24)25)11-20(19)28-21/h4-7,10-12,16,26H,2-3,8-9H2,1H3,(H,27,28)/t16-/m1/s1. The summed E-state index contributed by atoms with van der Waals surface area (Å²) in [4.78, 5) is 13.3. The number of halogens is 3. The van der Waals surface area contributed by atoms with Gasteiger partial charge in [0.05, 0.1) is 16.6 Å². The zero-order valence-corrected chi connectivity index (χ0v) is 16.0. The molecule has 0 unspecified atom stereocenters. The first-order valence-electron chi connectivity index (χ1n) is 9.76. The second-order valence-corrected chi connectivity index (χ2v) is 7.87. The number of fused-ring (bicyclic) bond motifs is 2. The lowest BCUT2D eigenvalue weighted by Gasteiger charge is -2.18. The average Bonchev–Trinajstić information content (AvgIpc) is 3.39. The van der Waals surface area contributed by atoms with E-state index in [0.717, 1.165) is 41.6 Å². The predicted molar refractivity (Wildman–Crippen MR) is 108 cm³/mol. The number of likely N-dealkylation sites (tertiary alicyclic amines) is 1. The van der Waals surface area contributed by atoms with Crippen molar-refractivity contribution in [2.75, 3.05) is 13.6 Å². The molecule has 1 aliphatic rings. The van der Waals surface area contributed by atoms with E-state index < -0.39 is 11.7 Å². The summed E-state index contributed by atoms with van der Waals surface area (Å²) in [5.41, 5.74) is 3.41. The van der Waals surface area contributed by atoms with Gasteiger partial charge in [-0.3, -0.25) is 0 Å². The molecule has 4 nitrogen and oxygen atoms in total. The Hall–Kier alpha value is -2.80. The quantitative estimate of drug-likeness (QED) is 0.488. The Kier molecular flexibility index (Phi) is 4.17. The van der Waals surface area contributed by atoms with Gasteiger partial charge in [0.2, 0.25) is 0 Å². The molecule has 3 heterocycles. The molecule has 29 heavy (non-hydrogen) atoms. The van der Waals surface area contributed by atoms with Crippen LogP contribution in [0.15, 0.2) is 42.6 Å². The van der Waals surface area contributed by atoms with Crippen molar-refractivity contribution in [1.82, 2.24) is 19.9 Å². The Morgan fingerprint density at radius 2 is 2.00 bits per heavy atom. The van der Waals surface area contributed by atoms with E-state index in [1.54, 1.807) is 0 Å². The topological polar surface area (TPSA) is 47.7 Å². The van der Waals surface area contributed by atoms with Crippen LogP contribution in [0.5, 0.6) is 0 Å². The molecule has 0 bridgehead atoms. The summed E-state index contributed by atoms with van der Waals surface area (Å²) in [6, 6.07) is 10.1. The maximum atomic E-state index is 13.0. The summed E-state index contributed by atoms with van der Waals surface area (Å²) in [5.74, 6) is 0.575. The number of H-pyrrole nitrogens is 2. The summed E-state index contributed by atoms with van der Waals surface area (Å²) in [5, 5.41) is 1.14. The molecular formula is C22H21F3N4. The van der Waals surface area contributed by atoms with Crippen molar-refractivity contribution in [3.05, 3.63) is 53.7 Å². The van der Waals surface area contributed by atoms with Gasteiger partial charge >= 0.3 is 6.18 Å². The molecule has 1 aliphatic heterocycles. The van der Waals surface area contributed by atoms with Gasteiger partial charge in [-0.15, -0.1) is 0 Å². The lowest BCUT2D eigenvalue weighted by Crippen LogP contribution is -2.26. The zero-order chi connectivity index (χ0) is 20.2. The second-order valence-electron chi connectivity index (χ2n) is 7.87. The maximum Gasteiger partial charge on any atom is 0.416 e. The van der Waals surface area contributed by atoms with Crippen molar-refractivity contribution in [2.24, 2.45) is 0 Å². The van der Waals surface area contributed by atoms with Crippen LogP contribution in [-0.4, -0.2) is 39.5 Å². The van der Waals surface area contributed by atoms with E-state index in [9.17, 15) is 13.2 Å². The third kappa shape index (κ3) is 3.29. The highest BCUT2D eigenvalue weighted by molar-refractivity contribution is 5.88. The summed E-state index contributed by atoms with van der Waals surface area (Å²) >= 11 is 0. The molecule has 7 heteroatoms. The predicted octanol–water partition coefficient (Wildman–Crippen LogP) is 5.37. The largest absolute Gasteiger partial charge is 0.416 e. The first-order chi connectivity index (χ1) is 13.9. The monoisotopic (exact) mass is 398 g/mol. The molecule has 0 aliphatic carbocycles. The average molecular weight is 398 g/mol. The van der Waals surface area contributed by atoms with Crippen LogP contribution in [0, 0.1) is 0 Å².